The second-order valence-electron chi connectivity index (χ2n) is 3.56. The van der Waals surface area contributed by atoms with Crippen LogP contribution >= 0.6 is 0 Å². The van der Waals surface area contributed by atoms with E-state index >= 15 is 0 Å². The van der Waals surface area contributed by atoms with Crippen LogP contribution < -0.4 is 5.32 Å². The van der Waals surface area contributed by atoms with Gasteiger partial charge in [-0.2, -0.15) is 5.10 Å². The highest BCUT2D eigenvalue weighted by Gasteiger charge is 2.05. The molecule has 0 unspecified atom stereocenters. The molecule has 0 aliphatic carbocycles. The Kier molecular flexibility index (Phi) is 2.45. The highest BCUT2D eigenvalue weighted by molar-refractivity contribution is 5.28. The summed E-state index contributed by atoms with van der Waals surface area (Å²) in [5.74, 6) is 0.873. The summed E-state index contributed by atoms with van der Waals surface area (Å²) in [5.41, 5.74) is 2.04. The highest BCUT2D eigenvalue weighted by Crippen LogP contribution is 2.09. The SMILES string of the molecule is CNc1nc(C)cn1Cc1ccn(C)n1. The first kappa shape index (κ1) is 9.76. The third-order valence-corrected chi connectivity index (χ3v) is 2.22. The molecule has 5 nitrogen and oxygen atoms in total. The summed E-state index contributed by atoms with van der Waals surface area (Å²) in [5, 5.41) is 7.39. The molecule has 2 aromatic heterocycles. The second kappa shape index (κ2) is 3.76. The van der Waals surface area contributed by atoms with E-state index in [-0.39, 0.29) is 0 Å². The molecule has 5 heteroatoms. The predicted octanol–water partition coefficient (Wildman–Crippen LogP) is 1.02. The van der Waals surface area contributed by atoms with Crippen LogP contribution in [0.1, 0.15) is 11.4 Å². The van der Waals surface area contributed by atoms with E-state index in [0.29, 0.717) is 0 Å². The van der Waals surface area contributed by atoms with E-state index in [2.05, 4.69) is 20.0 Å². The number of rotatable bonds is 3. The van der Waals surface area contributed by atoms with Crippen molar-refractivity contribution in [1.29, 1.82) is 0 Å². The Bertz CT molecular complexity index is 454. The lowest BCUT2D eigenvalue weighted by Crippen LogP contribution is -2.04. The van der Waals surface area contributed by atoms with Gasteiger partial charge in [0, 0.05) is 26.5 Å². The van der Waals surface area contributed by atoms with Crippen molar-refractivity contribution >= 4 is 5.95 Å². The first-order valence-electron chi connectivity index (χ1n) is 4.89. The van der Waals surface area contributed by atoms with E-state index in [1.807, 2.05) is 39.5 Å². The van der Waals surface area contributed by atoms with Gasteiger partial charge in [0.25, 0.3) is 0 Å². The summed E-state index contributed by atoms with van der Waals surface area (Å²) >= 11 is 0. The van der Waals surface area contributed by atoms with E-state index in [0.717, 1.165) is 23.9 Å². The van der Waals surface area contributed by atoms with E-state index in [1.54, 1.807) is 4.68 Å². The van der Waals surface area contributed by atoms with Gasteiger partial charge in [0.1, 0.15) is 0 Å². The van der Waals surface area contributed by atoms with Crippen LogP contribution in [-0.2, 0) is 13.6 Å². The van der Waals surface area contributed by atoms with Crippen LogP contribution in [0.15, 0.2) is 18.5 Å². The van der Waals surface area contributed by atoms with Gasteiger partial charge in [-0.3, -0.25) is 4.68 Å². The van der Waals surface area contributed by atoms with E-state index < -0.39 is 0 Å². The number of nitrogens with zero attached hydrogens (tertiary/aromatic N) is 4. The summed E-state index contributed by atoms with van der Waals surface area (Å²) < 4.78 is 3.86. The molecule has 2 rings (SSSR count). The van der Waals surface area contributed by atoms with E-state index in [4.69, 9.17) is 0 Å². The van der Waals surface area contributed by atoms with Crippen molar-refractivity contribution in [2.45, 2.75) is 13.5 Å². The van der Waals surface area contributed by atoms with Gasteiger partial charge in [-0.05, 0) is 13.0 Å². The number of hydrogen-bond acceptors (Lipinski definition) is 3. The molecule has 80 valence electrons. The fourth-order valence-electron chi connectivity index (χ4n) is 1.59. The van der Waals surface area contributed by atoms with Crippen molar-refractivity contribution in [2.24, 2.45) is 7.05 Å². The topological polar surface area (TPSA) is 47.7 Å². The Morgan fingerprint density at radius 3 is 2.87 bits per heavy atom. The molecule has 0 spiro atoms. The van der Waals surface area contributed by atoms with Crippen LogP contribution in [0.3, 0.4) is 0 Å². The molecule has 0 aliphatic heterocycles. The predicted molar refractivity (Wildman–Crippen MR) is 58.8 cm³/mol. The van der Waals surface area contributed by atoms with Crippen LogP contribution in [0.2, 0.25) is 0 Å². The Balaban J connectivity index is 2.23. The quantitative estimate of drug-likeness (QED) is 0.813. The highest BCUT2D eigenvalue weighted by atomic mass is 15.3. The molecule has 0 aromatic carbocycles. The lowest BCUT2D eigenvalue weighted by molar-refractivity contribution is 0.709. The molecule has 0 bridgehead atoms. The van der Waals surface area contributed by atoms with Gasteiger partial charge < -0.3 is 9.88 Å². The lowest BCUT2D eigenvalue weighted by Gasteiger charge is -2.03. The average Bonchev–Trinajstić information content (AvgIpc) is 2.73. The molecule has 2 heterocycles. The molecule has 0 amide bonds. The Hall–Kier alpha value is -1.78. The number of anilines is 1. The zero-order valence-corrected chi connectivity index (χ0v) is 9.23. The molecular weight excluding hydrogens is 190 g/mol. The third kappa shape index (κ3) is 2.01. The summed E-state index contributed by atoms with van der Waals surface area (Å²) in [6.45, 7) is 2.73. The van der Waals surface area contributed by atoms with Gasteiger partial charge in [-0.15, -0.1) is 0 Å². The van der Waals surface area contributed by atoms with Gasteiger partial charge in [-0.1, -0.05) is 0 Å². The number of hydrogen-bond donors (Lipinski definition) is 1. The van der Waals surface area contributed by atoms with Crippen LogP contribution in [0.5, 0.6) is 0 Å². The van der Waals surface area contributed by atoms with Crippen LogP contribution in [-0.4, -0.2) is 26.4 Å². The first-order valence-corrected chi connectivity index (χ1v) is 4.89. The monoisotopic (exact) mass is 205 g/mol. The molecule has 0 fully saturated rings. The van der Waals surface area contributed by atoms with Crippen LogP contribution in [0.25, 0.3) is 0 Å². The molecule has 0 saturated carbocycles. The smallest absolute Gasteiger partial charge is 0.203 e. The molecule has 0 radical (unpaired) electrons. The summed E-state index contributed by atoms with van der Waals surface area (Å²) in [4.78, 5) is 4.35. The average molecular weight is 205 g/mol. The van der Waals surface area contributed by atoms with Gasteiger partial charge >= 0.3 is 0 Å². The van der Waals surface area contributed by atoms with Crippen molar-refractivity contribution in [1.82, 2.24) is 19.3 Å². The van der Waals surface area contributed by atoms with Crippen molar-refractivity contribution in [2.75, 3.05) is 12.4 Å². The fourth-order valence-corrected chi connectivity index (χ4v) is 1.59. The summed E-state index contributed by atoms with van der Waals surface area (Å²) in [7, 11) is 3.79. The molecule has 2 aromatic rings. The zero-order chi connectivity index (χ0) is 10.8. The van der Waals surface area contributed by atoms with Crippen molar-refractivity contribution in [3.8, 4) is 0 Å². The molecule has 15 heavy (non-hydrogen) atoms. The number of imidazole rings is 1. The van der Waals surface area contributed by atoms with Crippen LogP contribution in [0, 0.1) is 6.92 Å². The fraction of sp³-hybridized carbons (Fsp3) is 0.400. The Morgan fingerprint density at radius 2 is 2.27 bits per heavy atom. The standard InChI is InChI=1S/C10H15N5/c1-8-6-15(10(11-2)12-8)7-9-4-5-14(3)13-9/h4-6H,7H2,1-3H3,(H,11,12). The minimum atomic E-state index is 0.748. The number of aromatic nitrogens is 4. The Morgan fingerprint density at radius 1 is 1.47 bits per heavy atom. The lowest BCUT2D eigenvalue weighted by atomic mass is 10.4. The minimum Gasteiger partial charge on any atom is -0.359 e. The van der Waals surface area contributed by atoms with Crippen LogP contribution in [0.4, 0.5) is 5.95 Å². The Labute approximate surface area is 88.7 Å². The molecular formula is C10H15N5. The largest absolute Gasteiger partial charge is 0.359 e. The zero-order valence-electron chi connectivity index (χ0n) is 9.23. The van der Waals surface area contributed by atoms with E-state index in [9.17, 15) is 0 Å². The third-order valence-electron chi connectivity index (χ3n) is 2.22. The minimum absolute atomic E-state index is 0.748. The maximum Gasteiger partial charge on any atom is 0.203 e. The van der Waals surface area contributed by atoms with Crippen molar-refractivity contribution in [3.05, 3.63) is 29.8 Å². The maximum atomic E-state index is 4.35. The molecule has 0 atom stereocenters. The molecule has 0 aliphatic rings. The van der Waals surface area contributed by atoms with Gasteiger partial charge in [0.15, 0.2) is 0 Å². The van der Waals surface area contributed by atoms with Crippen molar-refractivity contribution in [3.63, 3.8) is 0 Å². The van der Waals surface area contributed by atoms with Gasteiger partial charge in [-0.25, -0.2) is 4.98 Å². The summed E-state index contributed by atoms with van der Waals surface area (Å²) in [6.07, 6.45) is 3.96. The summed E-state index contributed by atoms with van der Waals surface area (Å²) in [6, 6.07) is 2.01. The maximum absolute atomic E-state index is 4.35. The molecule has 0 saturated heterocycles. The van der Waals surface area contributed by atoms with Crippen molar-refractivity contribution < 1.29 is 0 Å². The number of aryl methyl sites for hydroxylation is 2. The number of nitrogens with one attached hydrogen (secondary N) is 1. The van der Waals surface area contributed by atoms with Gasteiger partial charge in [0.05, 0.1) is 17.9 Å². The normalized spacial score (nSPS) is 10.6. The first-order chi connectivity index (χ1) is 7.19. The second-order valence-corrected chi connectivity index (χ2v) is 3.56. The van der Waals surface area contributed by atoms with Gasteiger partial charge in [0.2, 0.25) is 5.95 Å². The van der Waals surface area contributed by atoms with E-state index in [1.165, 1.54) is 0 Å². The molecule has 1 N–H and O–H groups in total.